The molecule has 1 aromatic carbocycles. The van der Waals surface area contributed by atoms with Crippen LogP contribution < -0.4 is 10.6 Å². The summed E-state index contributed by atoms with van der Waals surface area (Å²) in [5.74, 6) is 0.745. The Morgan fingerprint density at radius 3 is 2.80 bits per heavy atom. The van der Waals surface area contributed by atoms with Gasteiger partial charge in [-0.1, -0.05) is 11.6 Å². The van der Waals surface area contributed by atoms with Gasteiger partial charge in [-0.3, -0.25) is 10.1 Å². The minimum absolute atomic E-state index is 0.0405. The highest BCUT2D eigenvalue weighted by molar-refractivity contribution is 6.31. The van der Waals surface area contributed by atoms with E-state index < -0.39 is 0 Å². The van der Waals surface area contributed by atoms with Crippen molar-refractivity contribution in [3.05, 3.63) is 28.8 Å². The van der Waals surface area contributed by atoms with Crippen LogP contribution in [0.2, 0.25) is 5.02 Å². The Bertz CT molecular complexity index is 554. The number of hydrogen-bond acceptors (Lipinski definition) is 3. The minimum atomic E-state index is -0.255. The number of carbonyl (C=O) groups is 1. The van der Waals surface area contributed by atoms with Crippen molar-refractivity contribution < 1.29 is 4.79 Å². The molecule has 20 heavy (non-hydrogen) atoms. The normalized spacial score (nSPS) is 35.0. The molecule has 0 aromatic heterocycles. The highest BCUT2D eigenvalue weighted by atomic mass is 35.5. The van der Waals surface area contributed by atoms with Crippen LogP contribution in [0.3, 0.4) is 0 Å². The molecule has 4 aliphatic heterocycles. The van der Waals surface area contributed by atoms with E-state index in [0.717, 1.165) is 17.8 Å². The predicted molar refractivity (Wildman–Crippen MR) is 78.9 cm³/mol. The van der Waals surface area contributed by atoms with Crippen molar-refractivity contribution >= 4 is 23.2 Å². The van der Waals surface area contributed by atoms with Gasteiger partial charge in [0.15, 0.2) is 0 Å². The molecule has 106 valence electrons. The number of benzene rings is 1. The molecular formula is C15H18ClN3O. The molecule has 0 spiro atoms. The van der Waals surface area contributed by atoms with Gasteiger partial charge in [-0.25, -0.2) is 0 Å². The zero-order valence-electron chi connectivity index (χ0n) is 11.2. The van der Waals surface area contributed by atoms with Crippen LogP contribution in [-0.2, 0) is 4.79 Å². The van der Waals surface area contributed by atoms with E-state index >= 15 is 0 Å². The second-order valence-corrected chi connectivity index (χ2v) is 6.50. The third-order valence-corrected chi connectivity index (χ3v) is 5.12. The van der Waals surface area contributed by atoms with Crippen molar-refractivity contribution in [3.63, 3.8) is 0 Å². The van der Waals surface area contributed by atoms with E-state index in [2.05, 4.69) is 15.5 Å². The molecule has 0 aliphatic carbocycles. The molecular weight excluding hydrogens is 274 g/mol. The van der Waals surface area contributed by atoms with E-state index in [1.165, 1.54) is 25.9 Å². The monoisotopic (exact) mass is 291 g/mol. The molecule has 0 saturated carbocycles. The van der Waals surface area contributed by atoms with E-state index in [0.29, 0.717) is 17.0 Å². The van der Waals surface area contributed by atoms with Gasteiger partial charge >= 0.3 is 0 Å². The zero-order chi connectivity index (χ0) is 13.7. The Hall–Kier alpha value is -1.10. The number of carbonyl (C=O) groups excluding carboxylic acids is 1. The van der Waals surface area contributed by atoms with Gasteiger partial charge in [-0.2, -0.15) is 0 Å². The van der Waals surface area contributed by atoms with Crippen LogP contribution >= 0.6 is 11.6 Å². The largest absolute Gasteiger partial charge is 0.324 e. The van der Waals surface area contributed by atoms with Gasteiger partial charge in [0.1, 0.15) is 6.04 Å². The predicted octanol–water partition coefficient (Wildman–Crippen LogP) is 2.02. The molecule has 2 unspecified atom stereocenters. The molecule has 5 heteroatoms. The topological polar surface area (TPSA) is 44.4 Å². The maximum Gasteiger partial charge on any atom is 0.246 e. The van der Waals surface area contributed by atoms with Gasteiger partial charge in [-0.05, 0) is 50.0 Å². The Kier molecular flexibility index (Phi) is 2.98. The molecule has 4 heterocycles. The summed E-state index contributed by atoms with van der Waals surface area (Å²) < 4.78 is 0. The first kappa shape index (κ1) is 12.6. The van der Waals surface area contributed by atoms with Crippen LogP contribution in [0.1, 0.15) is 24.4 Å². The summed E-state index contributed by atoms with van der Waals surface area (Å²) in [4.78, 5) is 14.7. The molecule has 4 aliphatic rings. The number of hydrogen-bond donors (Lipinski definition) is 2. The minimum Gasteiger partial charge on any atom is -0.324 e. The van der Waals surface area contributed by atoms with Crippen molar-refractivity contribution in [2.24, 2.45) is 5.92 Å². The lowest BCUT2D eigenvalue weighted by molar-refractivity contribution is -0.118. The fraction of sp³-hybridized carbons (Fsp3) is 0.533. The Morgan fingerprint density at radius 1 is 1.30 bits per heavy atom. The fourth-order valence-electron chi connectivity index (χ4n) is 3.77. The van der Waals surface area contributed by atoms with E-state index in [4.69, 9.17) is 11.6 Å². The summed E-state index contributed by atoms with van der Waals surface area (Å²) >= 11 is 6.07. The average molecular weight is 292 g/mol. The van der Waals surface area contributed by atoms with Crippen molar-refractivity contribution in [3.8, 4) is 0 Å². The van der Waals surface area contributed by atoms with Gasteiger partial charge in [0.05, 0.1) is 0 Å². The van der Waals surface area contributed by atoms with Gasteiger partial charge in [0.25, 0.3) is 0 Å². The second kappa shape index (κ2) is 4.72. The maximum absolute atomic E-state index is 12.2. The van der Waals surface area contributed by atoms with E-state index in [9.17, 15) is 4.79 Å². The summed E-state index contributed by atoms with van der Waals surface area (Å²) in [7, 11) is 0. The zero-order valence-corrected chi connectivity index (χ0v) is 12.0. The highest BCUT2D eigenvalue weighted by Gasteiger charge is 2.39. The summed E-state index contributed by atoms with van der Waals surface area (Å²) in [6.45, 7) is 3.48. The van der Waals surface area contributed by atoms with Gasteiger partial charge in [-0.15, -0.1) is 0 Å². The molecule has 5 rings (SSSR count). The molecule has 2 atom stereocenters. The average Bonchev–Trinajstić information content (AvgIpc) is 2.76. The van der Waals surface area contributed by atoms with Crippen LogP contribution in [0.4, 0.5) is 5.69 Å². The lowest BCUT2D eigenvalue weighted by Crippen LogP contribution is -2.57. The fourth-order valence-corrected chi connectivity index (χ4v) is 3.95. The number of halogens is 1. The standard InChI is InChI=1S/C15H18ClN3O/c16-10-1-2-12-11(7-10)14(15(20)18-12)17-13-8-19-5-3-9(13)4-6-19/h1-2,7,9,13-14,17H,3-6,8H2,(H,18,20). The SMILES string of the molecule is O=C1Nc2ccc(Cl)cc2C1NC1CN2CCC1CC2. The van der Waals surface area contributed by atoms with Crippen LogP contribution in [0.5, 0.6) is 0 Å². The Morgan fingerprint density at radius 2 is 2.10 bits per heavy atom. The number of nitrogens with one attached hydrogen (secondary N) is 2. The third-order valence-electron chi connectivity index (χ3n) is 4.88. The number of fused-ring (bicyclic) bond motifs is 4. The van der Waals surface area contributed by atoms with Crippen molar-refractivity contribution in [2.75, 3.05) is 25.0 Å². The van der Waals surface area contributed by atoms with Crippen molar-refractivity contribution in [1.29, 1.82) is 0 Å². The van der Waals surface area contributed by atoms with Crippen LogP contribution in [-0.4, -0.2) is 36.5 Å². The van der Waals surface area contributed by atoms with E-state index in [-0.39, 0.29) is 11.9 Å². The number of nitrogens with zero attached hydrogens (tertiary/aromatic N) is 1. The second-order valence-electron chi connectivity index (χ2n) is 6.07. The Labute approximate surface area is 123 Å². The first-order valence-electron chi connectivity index (χ1n) is 7.29. The third kappa shape index (κ3) is 2.03. The first-order chi connectivity index (χ1) is 9.70. The molecule has 0 radical (unpaired) electrons. The molecule has 2 bridgehead atoms. The summed E-state index contributed by atoms with van der Waals surface area (Å²) in [5, 5.41) is 7.19. The lowest BCUT2D eigenvalue weighted by atomic mass is 9.83. The quantitative estimate of drug-likeness (QED) is 0.876. The first-order valence-corrected chi connectivity index (χ1v) is 7.67. The molecule has 4 nitrogen and oxygen atoms in total. The molecule has 3 saturated heterocycles. The van der Waals surface area contributed by atoms with Crippen LogP contribution in [0, 0.1) is 5.92 Å². The molecule has 1 aromatic rings. The molecule has 1 amide bonds. The number of rotatable bonds is 2. The molecule has 2 N–H and O–H groups in total. The highest BCUT2D eigenvalue weighted by Crippen LogP contribution is 2.35. The van der Waals surface area contributed by atoms with Gasteiger partial charge in [0, 0.05) is 28.9 Å². The smallest absolute Gasteiger partial charge is 0.246 e. The summed E-state index contributed by atoms with van der Waals surface area (Å²) in [6, 6.07) is 5.76. The van der Waals surface area contributed by atoms with Crippen molar-refractivity contribution in [2.45, 2.75) is 24.9 Å². The summed E-state index contributed by atoms with van der Waals surface area (Å²) in [5.41, 5.74) is 1.87. The number of anilines is 1. The summed E-state index contributed by atoms with van der Waals surface area (Å²) in [6.07, 6.45) is 2.49. The Balaban J connectivity index is 1.57. The van der Waals surface area contributed by atoms with Crippen LogP contribution in [0.15, 0.2) is 18.2 Å². The lowest BCUT2D eigenvalue weighted by Gasteiger charge is -2.45. The molecule has 3 fully saturated rings. The van der Waals surface area contributed by atoms with Crippen LogP contribution in [0.25, 0.3) is 0 Å². The van der Waals surface area contributed by atoms with Crippen molar-refractivity contribution in [1.82, 2.24) is 10.2 Å². The number of amides is 1. The maximum atomic E-state index is 12.2. The van der Waals surface area contributed by atoms with E-state index in [1.807, 2.05) is 18.2 Å². The van der Waals surface area contributed by atoms with E-state index in [1.54, 1.807) is 0 Å². The number of piperidine rings is 3. The van der Waals surface area contributed by atoms with Gasteiger partial charge in [0.2, 0.25) is 5.91 Å². The van der Waals surface area contributed by atoms with Gasteiger partial charge < -0.3 is 10.2 Å².